The molecule has 0 aromatic heterocycles. The molecule has 2 aromatic rings. The fourth-order valence-corrected chi connectivity index (χ4v) is 2.07. The molecule has 1 nitrogen and oxygen atoms in total. The van der Waals surface area contributed by atoms with Crippen molar-refractivity contribution < 1.29 is 4.74 Å². The maximum absolute atomic E-state index is 6.01. The molecule has 0 radical (unpaired) electrons. The first kappa shape index (κ1) is 12.8. The molecule has 2 rings (SSSR count). The molecule has 0 spiro atoms. The lowest BCUT2D eigenvalue weighted by Gasteiger charge is -2.09. The Labute approximate surface area is 119 Å². The van der Waals surface area contributed by atoms with E-state index in [-0.39, 0.29) is 0 Å². The number of halogens is 4. The lowest BCUT2D eigenvalue weighted by Crippen LogP contribution is -1.86. The van der Waals surface area contributed by atoms with Gasteiger partial charge in [0.25, 0.3) is 0 Å². The van der Waals surface area contributed by atoms with Crippen molar-refractivity contribution in [2.24, 2.45) is 0 Å². The highest BCUT2D eigenvalue weighted by Crippen LogP contribution is 2.37. The van der Waals surface area contributed by atoms with Gasteiger partial charge in [0.15, 0.2) is 0 Å². The summed E-state index contributed by atoms with van der Waals surface area (Å²) in [5.74, 6) is 0.962. The van der Waals surface area contributed by atoms with Gasteiger partial charge in [-0.05, 0) is 24.3 Å². The van der Waals surface area contributed by atoms with Crippen molar-refractivity contribution in [2.75, 3.05) is 0 Å². The molecule has 0 fully saturated rings. The molecule has 0 atom stereocenters. The normalized spacial score (nSPS) is 10.4. The largest absolute Gasteiger partial charge is 0.456 e. The monoisotopic (exact) mass is 306 g/mol. The Balaban J connectivity index is 2.36. The highest BCUT2D eigenvalue weighted by atomic mass is 35.5. The molecule has 0 aliphatic carbocycles. The predicted molar refractivity (Wildman–Crippen MR) is 73.0 cm³/mol. The molecule has 0 N–H and O–H groups in total. The predicted octanol–water partition coefficient (Wildman–Crippen LogP) is 6.09. The summed E-state index contributed by atoms with van der Waals surface area (Å²) < 4.78 is 5.57. The molecule has 0 saturated carbocycles. The van der Waals surface area contributed by atoms with Gasteiger partial charge in [-0.15, -0.1) is 0 Å². The molecular formula is C12H6Cl4O. The van der Waals surface area contributed by atoms with Crippen LogP contribution in [0.3, 0.4) is 0 Å². The summed E-state index contributed by atoms with van der Waals surface area (Å²) in [5.41, 5.74) is 0. The Hall–Kier alpha value is -0.600. The van der Waals surface area contributed by atoms with Gasteiger partial charge in [-0.3, -0.25) is 0 Å². The summed E-state index contributed by atoms with van der Waals surface area (Å²) in [6.45, 7) is 0. The van der Waals surface area contributed by atoms with Crippen LogP contribution in [0.25, 0.3) is 0 Å². The summed E-state index contributed by atoms with van der Waals surface area (Å²) in [4.78, 5) is 0. The number of hydrogen-bond donors (Lipinski definition) is 0. The molecular weight excluding hydrogens is 302 g/mol. The summed E-state index contributed by atoms with van der Waals surface area (Å²) in [6.07, 6.45) is 0. The summed E-state index contributed by atoms with van der Waals surface area (Å²) in [7, 11) is 0. The summed E-state index contributed by atoms with van der Waals surface area (Å²) in [5, 5.41) is 1.69. The molecule has 88 valence electrons. The SMILES string of the molecule is Clc1cccc(Oc2cc(Cl)cc(Cl)c2Cl)c1. The van der Waals surface area contributed by atoms with E-state index >= 15 is 0 Å². The van der Waals surface area contributed by atoms with Crippen molar-refractivity contribution in [3.8, 4) is 11.5 Å². The van der Waals surface area contributed by atoms with Crippen molar-refractivity contribution in [1.29, 1.82) is 0 Å². The van der Waals surface area contributed by atoms with E-state index in [0.29, 0.717) is 31.6 Å². The fraction of sp³-hybridized carbons (Fsp3) is 0. The standard InChI is InChI=1S/C12H6Cl4O/c13-7-2-1-3-9(4-7)17-11-6-8(14)5-10(15)12(11)16/h1-6H. The number of ether oxygens (including phenoxy) is 1. The van der Waals surface area contributed by atoms with Crippen molar-refractivity contribution in [3.63, 3.8) is 0 Å². The lowest BCUT2D eigenvalue weighted by molar-refractivity contribution is 0.483. The van der Waals surface area contributed by atoms with Crippen LogP contribution < -0.4 is 4.74 Å². The fourth-order valence-electron chi connectivity index (χ4n) is 1.26. The van der Waals surface area contributed by atoms with Crippen LogP contribution in [0.15, 0.2) is 36.4 Å². The zero-order chi connectivity index (χ0) is 12.4. The van der Waals surface area contributed by atoms with Gasteiger partial charge in [-0.1, -0.05) is 52.5 Å². The first-order chi connectivity index (χ1) is 8.06. The topological polar surface area (TPSA) is 9.23 Å². The Kier molecular flexibility index (Phi) is 4.05. The highest BCUT2D eigenvalue weighted by molar-refractivity contribution is 6.44. The Morgan fingerprint density at radius 1 is 0.824 bits per heavy atom. The second-order valence-corrected chi connectivity index (χ2v) is 4.92. The van der Waals surface area contributed by atoms with Crippen LogP contribution in [-0.2, 0) is 0 Å². The van der Waals surface area contributed by atoms with Gasteiger partial charge in [0.05, 0.1) is 5.02 Å². The van der Waals surface area contributed by atoms with Crippen LogP contribution in [0.2, 0.25) is 20.1 Å². The van der Waals surface area contributed by atoms with Crippen LogP contribution >= 0.6 is 46.4 Å². The molecule has 2 aromatic carbocycles. The molecule has 0 bridgehead atoms. The maximum atomic E-state index is 6.01. The van der Waals surface area contributed by atoms with Crippen LogP contribution in [0.1, 0.15) is 0 Å². The van der Waals surface area contributed by atoms with Gasteiger partial charge >= 0.3 is 0 Å². The van der Waals surface area contributed by atoms with Crippen molar-refractivity contribution in [1.82, 2.24) is 0 Å². The molecule has 0 unspecified atom stereocenters. The first-order valence-electron chi connectivity index (χ1n) is 4.64. The minimum absolute atomic E-state index is 0.316. The zero-order valence-corrected chi connectivity index (χ0v) is 11.4. The van der Waals surface area contributed by atoms with Gasteiger partial charge in [0.2, 0.25) is 0 Å². The maximum Gasteiger partial charge on any atom is 0.149 e. The second-order valence-electron chi connectivity index (χ2n) is 3.26. The number of rotatable bonds is 2. The van der Waals surface area contributed by atoms with E-state index in [0.717, 1.165) is 0 Å². The lowest BCUT2D eigenvalue weighted by atomic mass is 10.3. The van der Waals surface area contributed by atoms with Gasteiger partial charge in [0.1, 0.15) is 16.5 Å². The molecule has 0 amide bonds. The highest BCUT2D eigenvalue weighted by Gasteiger charge is 2.09. The second kappa shape index (κ2) is 5.36. The van der Waals surface area contributed by atoms with Gasteiger partial charge < -0.3 is 4.74 Å². The van der Waals surface area contributed by atoms with E-state index in [1.807, 2.05) is 0 Å². The molecule has 5 heteroatoms. The van der Waals surface area contributed by atoms with Crippen molar-refractivity contribution in [2.45, 2.75) is 0 Å². The summed E-state index contributed by atoms with van der Waals surface area (Å²) >= 11 is 23.6. The molecule has 17 heavy (non-hydrogen) atoms. The van der Waals surface area contributed by atoms with E-state index in [4.69, 9.17) is 51.1 Å². The number of benzene rings is 2. The third-order valence-electron chi connectivity index (χ3n) is 1.98. The van der Waals surface area contributed by atoms with Crippen LogP contribution in [0, 0.1) is 0 Å². The Morgan fingerprint density at radius 3 is 2.29 bits per heavy atom. The quantitative estimate of drug-likeness (QED) is 0.610. The van der Waals surface area contributed by atoms with Crippen LogP contribution in [-0.4, -0.2) is 0 Å². The van der Waals surface area contributed by atoms with E-state index in [1.165, 1.54) is 0 Å². The van der Waals surface area contributed by atoms with E-state index < -0.39 is 0 Å². The van der Waals surface area contributed by atoms with Crippen LogP contribution in [0.5, 0.6) is 11.5 Å². The van der Waals surface area contributed by atoms with E-state index in [2.05, 4.69) is 0 Å². The van der Waals surface area contributed by atoms with Gasteiger partial charge in [-0.25, -0.2) is 0 Å². The van der Waals surface area contributed by atoms with Gasteiger partial charge in [0, 0.05) is 16.1 Å². The third-order valence-corrected chi connectivity index (χ3v) is 3.22. The minimum atomic E-state index is 0.316. The van der Waals surface area contributed by atoms with Crippen LogP contribution in [0.4, 0.5) is 0 Å². The Morgan fingerprint density at radius 2 is 1.59 bits per heavy atom. The average Bonchev–Trinajstić information content (AvgIpc) is 2.25. The van der Waals surface area contributed by atoms with E-state index in [9.17, 15) is 0 Å². The average molecular weight is 308 g/mol. The van der Waals surface area contributed by atoms with E-state index in [1.54, 1.807) is 36.4 Å². The smallest absolute Gasteiger partial charge is 0.149 e. The van der Waals surface area contributed by atoms with Crippen molar-refractivity contribution in [3.05, 3.63) is 56.5 Å². The zero-order valence-electron chi connectivity index (χ0n) is 8.38. The first-order valence-corrected chi connectivity index (χ1v) is 6.15. The Bertz CT molecular complexity index is 554. The van der Waals surface area contributed by atoms with Gasteiger partial charge in [-0.2, -0.15) is 0 Å². The minimum Gasteiger partial charge on any atom is -0.456 e. The van der Waals surface area contributed by atoms with Crippen molar-refractivity contribution >= 4 is 46.4 Å². The third kappa shape index (κ3) is 3.20. The molecule has 0 aliphatic rings. The molecule has 0 aliphatic heterocycles. The number of hydrogen-bond acceptors (Lipinski definition) is 1. The molecule has 0 saturated heterocycles. The molecule has 0 heterocycles. The summed E-state index contributed by atoms with van der Waals surface area (Å²) in [6, 6.07) is 10.1.